The van der Waals surface area contributed by atoms with Gasteiger partial charge in [0.1, 0.15) is 0 Å². The number of nitrogens with zero attached hydrogens (tertiary/aromatic N) is 1. The number of benzene rings is 1. The van der Waals surface area contributed by atoms with Gasteiger partial charge in [-0.1, -0.05) is 30.3 Å². The Hall–Kier alpha value is -0.280. The third-order valence-corrected chi connectivity index (χ3v) is 3.93. The van der Waals surface area contributed by atoms with E-state index >= 15 is 0 Å². The number of likely N-dealkylation sites (tertiary alicyclic amines) is 1. The van der Waals surface area contributed by atoms with E-state index in [1.807, 2.05) is 0 Å². The molecule has 102 valence electrons. The molecule has 2 aliphatic rings. The second-order valence-corrected chi connectivity index (χ2v) is 5.41. The van der Waals surface area contributed by atoms with Crippen molar-refractivity contribution in [3.8, 4) is 0 Å². The van der Waals surface area contributed by atoms with E-state index in [2.05, 4.69) is 40.5 Å². The minimum Gasteiger partial charge on any atom is -0.316 e. The Balaban J connectivity index is 0.000000810. The first kappa shape index (κ1) is 15.8. The lowest BCUT2D eigenvalue weighted by atomic mass is 9.74. The lowest BCUT2D eigenvalue weighted by Crippen LogP contribution is -2.61. The zero-order valence-corrected chi connectivity index (χ0v) is 12.2. The van der Waals surface area contributed by atoms with Gasteiger partial charge in [0.25, 0.3) is 0 Å². The van der Waals surface area contributed by atoms with Gasteiger partial charge >= 0.3 is 0 Å². The van der Waals surface area contributed by atoms with Crippen molar-refractivity contribution in [2.24, 2.45) is 5.41 Å². The van der Waals surface area contributed by atoms with E-state index in [1.165, 1.54) is 44.6 Å². The van der Waals surface area contributed by atoms with Crippen LogP contribution in [-0.4, -0.2) is 31.1 Å². The first-order valence-corrected chi connectivity index (χ1v) is 6.33. The Labute approximate surface area is 122 Å². The van der Waals surface area contributed by atoms with Crippen LogP contribution in [0.2, 0.25) is 0 Å². The minimum absolute atomic E-state index is 0. The van der Waals surface area contributed by atoms with Crippen molar-refractivity contribution in [3.63, 3.8) is 0 Å². The summed E-state index contributed by atoms with van der Waals surface area (Å²) in [5, 5.41) is 3.54. The van der Waals surface area contributed by atoms with Crippen LogP contribution in [0.15, 0.2) is 30.3 Å². The average Bonchev–Trinajstić information content (AvgIpc) is 2.30. The Kier molecular flexibility index (Phi) is 5.93. The van der Waals surface area contributed by atoms with Gasteiger partial charge in [0.15, 0.2) is 0 Å². The van der Waals surface area contributed by atoms with E-state index in [-0.39, 0.29) is 24.8 Å². The van der Waals surface area contributed by atoms with Gasteiger partial charge in [-0.25, -0.2) is 0 Å². The molecule has 0 aliphatic carbocycles. The van der Waals surface area contributed by atoms with E-state index in [1.54, 1.807) is 0 Å². The van der Waals surface area contributed by atoms with Crippen LogP contribution in [0.3, 0.4) is 0 Å². The molecule has 1 N–H and O–H groups in total. The van der Waals surface area contributed by atoms with Gasteiger partial charge in [-0.15, -0.1) is 24.8 Å². The van der Waals surface area contributed by atoms with Crippen LogP contribution in [0.4, 0.5) is 0 Å². The van der Waals surface area contributed by atoms with Gasteiger partial charge in [0.2, 0.25) is 0 Å². The normalized spacial score (nSPS) is 21.6. The number of rotatable bonds is 2. The first-order chi connectivity index (χ1) is 7.86. The SMILES string of the molecule is Cl.Cl.c1ccc(CN2CC3(CCCNC3)C2)cc1. The molecule has 3 rings (SSSR count). The molecule has 0 unspecified atom stereocenters. The van der Waals surface area contributed by atoms with Crippen molar-refractivity contribution < 1.29 is 0 Å². The van der Waals surface area contributed by atoms with Gasteiger partial charge in [-0.3, -0.25) is 4.90 Å². The second-order valence-electron chi connectivity index (χ2n) is 5.41. The van der Waals surface area contributed by atoms with Gasteiger partial charge in [-0.2, -0.15) is 0 Å². The van der Waals surface area contributed by atoms with Crippen LogP contribution in [0, 0.1) is 5.41 Å². The van der Waals surface area contributed by atoms with Gasteiger partial charge in [-0.05, 0) is 24.9 Å². The highest BCUT2D eigenvalue weighted by molar-refractivity contribution is 5.85. The minimum atomic E-state index is 0. The zero-order valence-electron chi connectivity index (χ0n) is 10.6. The van der Waals surface area contributed by atoms with Crippen LogP contribution in [0.25, 0.3) is 0 Å². The molecule has 0 saturated carbocycles. The zero-order chi connectivity index (χ0) is 10.8. The molecular weight excluding hydrogens is 267 g/mol. The second kappa shape index (κ2) is 6.76. The van der Waals surface area contributed by atoms with E-state index in [0.29, 0.717) is 5.41 Å². The topological polar surface area (TPSA) is 15.3 Å². The summed E-state index contributed by atoms with van der Waals surface area (Å²) in [6.07, 6.45) is 2.78. The molecule has 0 radical (unpaired) electrons. The average molecular weight is 289 g/mol. The molecule has 2 nitrogen and oxygen atoms in total. The summed E-state index contributed by atoms with van der Waals surface area (Å²) in [5.41, 5.74) is 2.06. The molecule has 2 aliphatic heterocycles. The Morgan fingerprint density at radius 1 is 1.11 bits per heavy atom. The van der Waals surface area contributed by atoms with Crippen molar-refractivity contribution in [1.82, 2.24) is 10.2 Å². The summed E-state index contributed by atoms with van der Waals surface area (Å²) in [5.74, 6) is 0. The molecule has 2 saturated heterocycles. The van der Waals surface area contributed by atoms with Crippen molar-refractivity contribution in [2.45, 2.75) is 19.4 Å². The van der Waals surface area contributed by atoms with E-state index in [4.69, 9.17) is 0 Å². The van der Waals surface area contributed by atoms with E-state index in [9.17, 15) is 0 Å². The molecular formula is C14H22Cl2N2. The molecule has 0 bridgehead atoms. The van der Waals surface area contributed by atoms with Crippen molar-refractivity contribution >= 4 is 24.8 Å². The fraction of sp³-hybridized carbons (Fsp3) is 0.571. The smallest absolute Gasteiger partial charge is 0.0234 e. The molecule has 0 atom stereocenters. The third kappa shape index (κ3) is 3.39. The molecule has 1 aromatic rings. The largest absolute Gasteiger partial charge is 0.316 e. The highest BCUT2D eigenvalue weighted by atomic mass is 35.5. The summed E-state index contributed by atoms with van der Waals surface area (Å²) in [6.45, 7) is 6.16. The fourth-order valence-corrected chi connectivity index (χ4v) is 3.16. The maximum Gasteiger partial charge on any atom is 0.0234 e. The Bertz CT molecular complexity index is 342. The molecule has 18 heavy (non-hydrogen) atoms. The van der Waals surface area contributed by atoms with Crippen LogP contribution >= 0.6 is 24.8 Å². The standard InChI is InChI=1S/C14H20N2.2ClH/c1-2-5-13(6-3-1)9-16-11-14(12-16)7-4-8-15-10-14;;/h1-3,5-6,15H,4,7-12H2;2*1H. The number of hydrogen-bond donors (Lipinski definition) is 1. The van der Waals surface area contributed by atoms with E-state index in [0.717, 1.165) is 6.54 Å². The Morgan fingerprint density at radius 3 is 2.44 bits per heavy atom. The lowest BCUT2D eigenvalue weighted by Gasteiger charge is -2.52. The maximum absolute atomic E-state index is 3.54. The van der Waals surface area contributed by atoms with E-state index < -0.39 is 0 Å². The molecule has 4 heteroatoms. The summed E-state index contributed by atoms with van der Waals surface area (Å²) < 4.78 is 0. The molecule has 1 aromatic carbocycles. The monoisotopic (exact) mass is 288 g/mol. The molecule has 2 heterocycles. The fourth-order valence-electron chi connectivity index (χ4n) is 3.16. The quantitative estimate of drug-likeness (QED) is 0.900. The summed E-state index contributed by atoms with van der Waals surface area (Å²) in [6, 6.07) is 10.8. The number of piperidine rings is 1. The predicted octanol–water partition coefficient (Wildman–Crippen LogP) is 2.72. The molecule has 1 spiro atoms. The highest BCUT2D eigenvalue weighted by Crippen LogP contribution is 2.36. The van der Waals surface area contributed by atoms with Gasteiger partial charge in [0.05, 0.1) is 0 Å². The van der Waals surface area contributed by atoms with Crippen molar-refractivity contribution in [3.05, 3.63) is 35.9 Å². The van der Waals surface area contributed by atoms with Crippen molar-refractivity contribution in [2.75, 3.05) is 26.2 Å². The maximum atomic E-state index is 3.54. The van der Waals surface area contributed by atoms with Gasteiger partial charge < -0.3 is 5.32 Å². The number of hydrogen-bond acceptors (Lipinski definition) is 2. The third-order valence-electron chi connectivity index (χ3n) is 3.93. The number of nitrogens with one attached hydrogen (secondary N) is 1. The van der Waals surface area contributed by atoms with Crippen LogP contribution < -0.4 is 5.32 Å². The van der Waals surface area contributed by atoms with Crippen LogP contribution in [0.1, 0.15) is 18.4 Å². The molecule has 0 amide bonds. The predicted molar refractivity (Wildman–Crippen MR) is 80.8 cm³/mol. The van der Waals surface area contributed by atoms with Crippen LogP contribution in [0.5, 0.6) is 0 Å². The Morgan fingerprint density at radius 2 is 1.83 bits per heavy atom. The molecule has 0 aromatic heterocycles. The molecule has 2 fully saturated rings. The highest BCUT2D eigenvalue weighted by Gasteiger charge is 2.42. The summed E-state index contributed by atoms with van der Waals surface area (Å²) >= 11 is 0. The lowest BCUT2D eigenvalue weighted by molar-refractivity contribution is -0.0229. The summed E-state index contributed by atoms with van der Waals surface area (Å²) in [7, 11) is 0. The number of halogens is 2. The van der Waals surface area contributed by atoms with Crippen LogP contribution in [-0.2, 0) is 6.54 Å². The first-order valence-electron chi connectivity index (χ1n) is 6.33. The van der Waals surface area contributed by atoms with Gasteiger partial charge in [0, 0.05) is 31.6 Å². The summed E-state index contributed by atoms with van der Waals surface area (Å²) in [4.78, 5) is 2.57. The van der Waals surface area contributed by atoms with Crippen molar-refractivity contribution in [1.29, 1.82) is 0 Å².